The van der Waals surface area contributed by atoms with Crippen LogP contribution in [0.3, 0.4) is 0 Å². The maximum atomic E-state index is 15.1. The number of aliphatic hydroxyl groups excluding tert-OH is 1. The van der Waals surface area contributed by atoms with E-state index in [4.69, 9.17) is 0 Å². The molecule has 0 heterocycles. The van der Waals surface area contributed by atoms with Crippen molar-refractivity contribution in [2.45, 2.75) is 77.2 Å². The van der Waals surface area contributed by atoms with E-state index in [1.807, 2.05) is 13.8 Å². The van der Waals surface area contributed by atoms with Crippen molar-refractivity contribution in [2.75, 3.05) is 0 Å². The molecule has 2 N–H and O–H groups in total. The topological polar surface area (TPSA) is 74.6 Å². The number of rotatable bonds is 1. The molecule has 3 saturated carbocycles. The van der Waals surface area contributed by atoms with Crippen molar-refractivity contribution in [3.63, 3.8) is 0 Å². The Kier molecular flexibility index (Phi) is 3.86. The van der Waals surface area contributed by atoms with Gasteiger partial charge in [0, 0.05) is 11.8 Å². The molecule has 4 rings (SSSR count). The number of fused-ring (bicyclic) bond motifs is 5. The summed E-state index contributed by atoms with van der Waals surface area (Å²) in [4.78, 5) is 24.1. The van der Waals surface area contributed by atoms with Gasteiger partial charge in [0.25, 0.3) is 0 Å². The van der Waals surface area contributed by atoms with Crippen molar-refractivity contribution in [2.24, 2.45) is 28.6 Å². The summed E-state index contributed by atoms with van der Waals surface area (Å²) in [5.74, 6) is -0.473. The number of alkyl halides is 1. The van der Waals surface area contributed by atoms with E-state index >= 15 is 4.39 Å². The fourth-order valence-corrected chi connectivity index (χ4v) is 7.28. The molecule has 0 aromatic carbocycles. The Morgan fingerprint density at radius 3 is 2.65 bits per heavy atom. The fraction of sp³-hybridized carbons (Fsp3) is 0.810. The van der Waals surface area contributed by atoms with Crippen molar-refractivity contribution in [1.82, 2.24) is 0 Å². The predicted octanol–water partition coefficient (Wildman–Crippen LogP) is 2.76. The molecule has 0 unspecified atom stereocenters. The Bertz CT molecular complexity index is 702. The third-order valence-electron chi connectivity index (χ3n) is 8.61. The molecule has 4 nitrogen and oxygen atoms in total. The van der Waals surface area contributed by atoms with E-state index in [1.165, 1.54) is 13.0 Å². The van der Waals surface area contributed by atoms with E-state index in [0.717, 1.165) is 0 Å². The third kappa shape index (κ3) is 2.07. The molecule has 26 heavy (non-hydrogen) atoms. The second-order valence-corrected chi connectivity index (χ2v) is 9.63. The van der Waals surface area contributed by atoms with Gasteiger partial charge in [0.15, 0.2) is 11.6 Å². The van der Waals surface area contributed by atoms with Crippen LogP contribution in [0.4, 0.5) is 4.39 Å². The van der Waals surface area contributed by atoms with Gasteiger partial charge in [0.1, 0.15) is 11.8 Å². The van der Waals surface area contributed by atoms with E-state index in [-0.39, 0.29) is 35.7 Å². The normalized spacial score (nSPS) is 53.4. The lowest BCUT2D eigenvalue weighted by Gasteiger charge is -2.60. The average molecular weight is 364 g/mol. The van der Waals surface area contributed by atoms with E-state index in [9.17, 15) is 19.8 Å². The number of aliphatic hydroxyl groups is 2. The van der Waals surface area contributed by atoms with Crippen molar-refractivity contribution in [3.05, 3.63) is 11.6 Å². The molecule has 0 radical (unpaired) electrons. The van der Waals surface area contributed by atoms with Crippen LogP contribution in [-0.4, -0.2) is 39.7 Å². The number of ketones is 2. The number of hydrogen-bond donors (Lipinski definition) is 2. The molecule has 4 aliphatic carbocycles. The Morgan fingerprint density at radius 2 is 2.00 bits per heavy atom. The largest absolute Gasteiger partial charge is 0.393 e. The third-order valence-corrected chi connectivity index (χ3v) is 8.61. The Labute approximate surface area is 153 Å². The lowest BCUT2D eigenvalue weighted by atomic mass is 9.45. The Morgan fingerprint density at radius 1 is 1.31 bits per heavy atom. The van der Waals surface area contributed by atoms with Gasteiger partial charge < -0.3 is 10.2 Å². The second-order valence-electron chi connectivity index (χ2n) is 9.63. The van der Waals surface area contributed by atoms with Gasteiger partial charge in [0.2, 0.25) is 0 Å². The van der Waals surface area contributed by atoms with E-state index < -0.39 is 28.7 Å². The molecule has 0 aromatic rings. The van der Waals surface area contributed by atoms with Crippen molar-refractivity contribution >= 4 is 11.6 Å². The number of hydrogen-bond acceptors (Lipinski definition) is 4. The highest BCUT2D eigenvalue weighted by Crippen LogP contribution is 2.67. The summed E-state index contributed by atoms with van der Waals surface area (Å²) in [7, 11) is 0. The summed E-state index contributed by atoms with van der Waals surface area (Å²) in [5, 5.41) is 22.2. The maximum absolute atomic E-state index is 15.1. The minimum atomic E-state index is -1.44. The Balaban J connectivity index is 1.79. The number of Topliss-reactive ketones (excluding diaryl/α,β-unsaturated/α-hetero) is 1. The first-order chi connectivity index (χ1) is 12.0. The van der Waals surface area contributed by atoms with E-state index in [2.05, 4.69) is 0 Å². The predicted molar refractivity (Wildman–Crippen MR) is 94.0 cm³/mol. The van der Waals surface area contributed by atoms with Crippen molar-refractivity contribution < 1.29 is 24.2 Å². The van der Waals surface area contributed by atoms with Gasteiger partial charge in [-0.2, -0.15) is 0 Å². The van der Waals surface area contributed by atoms with E-state index in [1.54, 1.807) is 0 Å². The molecular formula is C21H29FO4. The summed E-state index contributed by atoms with van der Waals surface area (Å²) in [6.07, 6.45) is 2.22. The van der Waals surface area contributed by atoms with Crippen LogP contribution in [0.5, 0.6) is 0 Å². The fourth-order valence-electron chi connectivity index (χ4n) is 7.28. The highest BCUT2D eigenvalue weighted by molar-refractivity contribution is 5.92. The maximum Gasteiger partial charge on any atom is 0.161 e. The summed E-state index contributed by atoms with van der Waals surface area (Å²) in [6, 6.07) is 0. The molecule has 0 aliphatic heterocycles. The molecule has 0 saturated heterocycles. The number of halogens is 1. The summed E-state index contributed by atoms with van der Waals surface area (Å²) >= 11 is 0. The number of carbonyl (C=O) groups excluding carboxylic acids is 2. The van der Waals surface area contributed by atoms with Crippen LogP contribution in [0.1, 0.15) is 59.3 Å². The zero-order chi connectivity index (χ0) is 19.1. The summed E-state index contributed by atoms with van der Waals surface area (Å²) in [6.45, 7) is 5.31. The van der Waals surface area contributed by atoms with Gasteiger partial charge in [-0.25, -0.2) is 4.39 Å². The molecule has 0 bridgehead atoms. The first kappa shape index (κ1) is 18.3. The Hall–Kier alpha value is -1.07. The van der Waals surface area contributed by atoms with Crippen molar-refractivity contribution in [1.29, 1.82) is 0 Å². The lowest BCUT2D eigenvalue weighted by Crippen LogP contribution is -2.62. The molecule has 3 fully saturated rings. The van der Waals surface area contributed by atoms with Crippen LogP contribution in [-0.2, 0) is 9.59 Å². The quantitative estimate of drug-likeness (QED) is 0.750. The molecular weight excluding hydrogens is 335 g/mol. The first-order valence-electron chi connectivity index (χ1n) is 9.85. The van der Waals surface area contributed by atoms with Gasteiger partial charge in [0.05, 0.1) is 6.10 Å². The summed E-state index contributed by atoms with van der Waals surface area (Å²) in [5.41, 5.74) is -2.12. The van der Waals surface area contributed by atoms with Crippen LogP contribution in [0.25, 0.3) is 0 Å². The van der Waals surface area contributed by atoms with E-state index in [0.29, 0.717) is 37.7 Å². The van der Waals surface area contributed by atoms with Gasteiger partial charge in [-0.05, 0) is 73.8 Å². The molecule has 144 valence electrons. The highest BCUT2D eigenvalue weighted by Gasteiger charge is 2.68. The number of carbonyl (C=O) groups is 2. The van der Waals surface area contributed by atoms with Crippen LogP contribution in [0.15, 0.2) is 11.6 Å². The van der Waals surface area contributed by atoms with Crippen LogP contribution in [0.2, 0.25) is 0 Å². The zero-order valence-corrected chi connectivity index (χ0v) is 15.8. The van der Waals surface area contributed by atoms with Gasteiger partial charge in [-0.3, -0.25) is 9.59 Å². The average Bonchev–Trinajstić information content (AvgIpc) is 2.81. The van der Waals surface area contributed by atoms with Crippen LogP contribution in [0, 0.1) is 28.6 Å². The molecule has 5 heteroatoms. The minimum absolute atomic E-state index is 0.0130. The number of allylic oxidation sites excluding steroid dienone is 1. The van der Waals surface area contributed by atoms with Crippen LogP contribution < -0.4 is 0 Å². The van der Waals surface area contributed by atoms with Gasteiger partial charge >= 0.3 is 0 Å². The standard InChI is InChI=1S/C21H29FO4/c1-11(23)21(26)7-5-14-13-9-16(22)15-8-12(24)4-6-19(15,2)18(13)17(25)10-20(14,21)3/h8,13-14,16-18,25-26H,4-7,9-10H2,1-3H3/t13-,14-,16-,17-,18+,19-,20-,21+/m0/s1. The lowest BCUT2D eigenvalue weighted by molar-refractivity contribution is -0.182. The molecule has 0 amide bonds. The first-order valence-corrected chi connectivity index (χ1v) is 9.85. The smallest absolute Gasteiger partial charge is 0.161 e. The molecule has 4 aliphatic rings. The highest BCUT2D eigenvalue weighted by atomic mass is 19.1. The molecule has 0 spiro atoms. The van der Waals surface area contributed by atoms with Crippen LogP contribution >= 0.6 is 0 Å². The second kappa shape index (κ2) is 5.48. The van der Waals surface area contributed by atoms with Crippen molar-refractivity contribution in [3.8, 4) is 0 Å². The summed E-state index contributed by atoms with van der Waals surface area (Å²) < 4.78 is 15.1. The monoisotopic (exact) mass is 364 g/mol. The molecule has 8 atom stereocenters. The molecule has 0 aromatic heterocycles. The minimum Gasteiger partial charge on any atom is -0.393 e. The van der Waals surface area contributed by atoms with Gasteiger partial charge in [-0.15, -0.1) is 0 Å². The zero-order valence-electron chi connectivity index (χ0n) is 15.8. The SMILES string of the molecule is CC(=O)[C@]1(O)CC[C@H]2[C@@H]3C[C@H](F)C4=CC(=O)CC[C@]4(C)[C@H]3[C@@H](O)C[C@@]21C. The van der Waals surface area contributed by atoms with Gasteiger partial charge in [-0.1, -0.05) is 13.8 Å².